The highest BCUT2D eigenvalue weighted by atomic mass is 32.2. The third kappa shape index (κ3) is 3.02. The summed E-state index contributed by atoms with van der Waals surface area (Å²) in [5, 5.41) is 0. The van der Waals surface area contributed by atoms with Gasteiger partial charge in [0.15, 0.2) is 0 Å². The molecule has 3 fully saturated rings. The molecule has 7 heteroatoms. The molecule has 0 aliphatic heterocycles. The van der Waals surface area contributed by atoms with Crippen LogP contribution in [-0.2, 0) is 14.3 Å². The van der Waals surface area contributed by atoms with Gasteiger partial charge in [-0.1, -0.05) is 27.2 Å². The molecule has 0 heterocycles. The number of allylic oxidation sites excluding steroid dienone is 2. The Balaban J connectivity index is 1.56. The fourth-order valence-corrected chi connectivity index (χ4v) is 7.73. The Morgan fingerprint density at radius 3 is 2.50 bits per heavy atom. The Bertz CT molecular complexity index is 774. The van der Waals surface area contributed by atoms with Crippen LogP contribution in [0.25, 0.3) is 0 Å². The van der Waals surface area contributed by atoms with Gasteiger partial charge in [0.05, 0.1) is 0 Å². The van der Waals surface area contributed by atoms with Gasteiger partial charge in [0, 0.05) is 5.41 Å². The van der Waals surface area contributed by atoms with Crippen molar-refractivity contribution in [1.82, 2.24) is 0 Å². The van der Waals surface area contributed by atoms with E-state index < -0.39 is 21.0 Å². The van der Waals surface area contributed by atoms with E-state index >= 15 is 0 Å². The lowest BCUT2D eigenvalue weighted by Gasteiger charge is -2.60. The van der Waals surface area contributed by atoms with Crippen LogP contribution in [0.4, 0.5) is 13.2 Å². The maximum atomic E-state index is 12.8. The molecule has 0 saturated heterocycles. The third-order valence-electron chi connectivity index (χ3n) is 8.86. The average molecular weight is 421 g/mol. The minimum atomic E-state index is -5.60. The third-order valence-corrected chi connectivity index (χ3v) is 9.82. The van der Waals surface area contributed by atoms with Crippen molar-refractivity contribution in [3.05, 3.63) is 11.8 Å². The maximum Gasteiger partial charge on any atom is 0.534 e. The predicted molar refractivity (Wildman–Crippen MR) is 100 cm³/mol. The van der Waals surface area contributed by atoms with Crippen molar-refractivity contribution in [2.45, 2.75) is 77.6 Å². The zero-order chi connectivity index (χ0) is 20.5. The quantitative estimate of drug-likeness (QED) is 0.405. The van der Waals surface area contributed by atoms with E-state index in [1.165, 1.54) is 25.7 Å². The van der Waals surface area contributed by atoms with Crippen LogP contribution in [0.2, 0.25) is 0 Å². The van der Waals surface area contributed by atoms with Crippen LogP contribution >= 0.6 is 0 Å². The van der Waals surface area contributed by atoms with Gasteiger partial charge >= 0.3 is 15.6 Å². The van der Waals surface area contributed by atoms with Gasteiger partial charge in [0.1, 0.15) is 5.76 Å². The van der Waals surface area contributed by atoms with Gasteiger partial charge in [-0.25, -0.2) is 0 Å². The Labute approximate surface area is 166 Å². The molecule has 0 unspecified atom stereocenters. The molecule has 3 saturated carbocycles. The van der Waals surface area contributed by atoms with Crippen LogP contribution in [0, 0.1) is 40.4 Å². The fraction of sp³-hybridized carbons (Fsp3) is 0.905. The first-order chi connectivity index (χ1) is 12.9. The fourth-order valence-electron chi connectivity index (χ4n) is 7.14. The Morgan fingerprint density at radius 1 is 1.11 bits per heavy atom. The van der Waals surface area contributed by atoms with Crippen molar-refractivity contribution in [2.75, 3.05) is 0 Å². The monoisotopic (exact) mass is 420 g/mol. The van der Waals surface area contributed by atoms with Gasteiger partial charge in [0.25, 0.3) is 0 Å². The van der Waals surface area contributed by atoms with Gasteiger partial charge in [-0.05, 0) is 86.0 Å². The maximum absolute atomic E-state index is 12.8. The first-order valence-electron chi connectivity index (χ1n) is 10.6. The number of halogens is 3. The van der Waals surface area contributed by atoms with Crippen LogP contribution in [0.1, 0.15) is 72.1 Å². The molecule has 4 aliphatic rings. The second-order valence-electron chi connectivity index (χ2n) is 10.4. The van der Waals surface area contributed by atoms with Gasteiger partial charge < -0.3 is 4.18 Å². The van der Waals surface area contributed by atoms with Crippen LogP contribution < -0.4 is 0 Å². The topological polar surface area (TPSA) is 43.4 Å². The summed E-state index contributed by atoms with van der Waals surface area (Å²) in [7, 11) is -5.60. The first-order valence-corrected chi connectivity index (χ1v) is 12.0. The molecule has 0 bridgehead atoms. The molecule has 4 rings (SSSR count). The average Bonchev–Trinajstić information content (AvgIpc) is 2.88. The molecule has 4 aliphatic carbocycles. The van der Waals surface area contributed by atoms with Crippen molar-refractivity contribution in [2.24, 2.45) is 40.4 Å². The van der Waals surface area contributed by atoms with E-state index in [0.29, 0.717) is 23.7 Å². The second kappa shape index (κ2) is 6.39. The predicted octanol–water partition coefficient (Wildman–Crippen LogP) is 6.03. The molecule has 0 aromatic carbocycles. The summed E-state index contributed by atoms with van der Waals surface area (Å²) in [4.78, 5) is 0. The van der Waals surface area contributed by atoms with E-state index in [0.717, 1.165) is 31.1 Å². The summed E-state index contributed by atoms with van der Waals surface area (Å²) in [6, 6.07) is 0. The molecular weight excluding hydrogens is 389 g/mol. The smallest absolute Gasteiger partial charge is 0.380 e. The van der Waals surface area contributed by atoms with E-state index in [-0.39, 0.29) is 11.7 Å². The molecule has 0 spiro atoms. The number of hydrogen-bond acceptors (Lipinski definition) is 3. The van der Waals surface area contributed by atoms with Crippen LogP contribution in [0.15, 0.2) is 11.8 Å². The zero-order valence-electron chi connectivity index (χ0n) is 16.9. The molecule has 0 aromatic rings. The molecule has 7 atom stereocenters. The van der Waals surface area contributed by atoms with Crippen molar-refractivity contribution in [1.29, 1.82) is 0 Å². The molecule has 28 heavy (non-hydrogen) atoms. The van der Waals surface area contributed by atoms with E-state index in [1.807, 2.05) is 6.92 Å². The number of rotatable bonds is 2. The zero-order valence-corrected chi connectivity index (χ0v) is 17.7. The molecule has 0 amide bonds. The lowest BCUT2D eigenvalue weighted by molar-refractivity contribution is -0.102. The van der Waals surface area contributed by atoms with Crippen LogP contribution in [0.5, 0.6) is 0 Å². The van der Waals surface area contributed by atoms with Crippen molar-refractivity contribution in [3.8, 4) is 0 Å². The molecule has 3 nitrogen and oxygen atoms in total. The van der Waals surface area contributed by atoms with Crippen molar-refractivity contribution in [3.63, 3.8) is 0 Å². The van der Waals surface area contributed by atoms with Gasteiger partial charge in [-0.15, -0.1) is 0 Å². The Morgan fingerprint density at radius 2 is 1.82 bits per heavy atom. The highest BCUT2D eigenvalue weighted by molar-refractivity contribution is 7.87. The number of alkyl halides is 3. The molecule has 160 valence electrons. The van der Waals surface area contributed by atoms with Crippen LogP contribution in [-0.4, -0.2) is 13.9 Å². The Hall–Kier alpha value is -0.720. The largest absolute Gasteiger partial charge is 0.534 e. The van der Waals surface area contributed by atoms with Gasteiger partial charge in [-0.3, -0.25) is 0 Å². The van der Waals surface area contributed by atoms with Gasteiger partial charge in [0.2, 0.25) is 0 Å². The highest BCUT2D eigenvalue weighted by Gasteiger charge is 2.59. The molecule has 0 aromatic heterocycles. The van der Waals surface area contributed by atoms with Crippen molar-refractivity contribution < 1.29 is 25.8 Å². The second-order valence-corrected chi connectivity index (χ2v) is 11.9. The summed E-state index contributed by atoms with van der Waals surface area (Å²) >= 11 is 0. The molecular formula is C21H31F3O3S. The van der Waals surface area contributed by atoms with Gasteiger partial charge in [-0.2, -0.15) is 21.6 Å². The minimum Gasteiger partial charge on any atom is -0.380 e. The lowest BCUT2D eigenvalue weighted by Crippen LogP contribution is -2.52. The Kier molecular flexibility index (Phi) is 4.69. The van der Waals surface area contributed by atoms with E-state index in [9.17, 15) is 21.6 Å². The molecule has 0 radical (unpaired) electrons. The first kappa shape index (κ1) is 20.5. The minimum absolute atomic E-state index is 0.0258. The summed E-state index contributed by atoms with van der Waals surface area (Å²) in [5.74, 6) is 2.75. The van der Waals surface area contributed by atoms with E-state index in [2.05, 4.69) is 18.0 Å². The SMILES string of the molecule is C[C@H]1CC[C@]2(C)[C@H](CC[C@@H]3C[C@]4(C)C(OS(=O)(=O)C(F)(F)F)=CC[C@H]4C[C@H]32)C1. The lowest BCUT2D eigenvalue weighted by atomic mass is 9.45. The highest BCUT2D eigenvalue weighted by Crippen LogP contribution is 2.66. The van der Waals surface area contributed by atoms with Crippen LogP contribution in [0.3, 0.4) is 0 Å². The van der Waals surface area contributed by atoms with E-state index in [1.54, 1.807) is 6.08 Å². The summed E-state index contributed by atoms with van der Waals surface area (Å²) in [6.07, 6.45) is 9.99. The van der Waals surface area contributed by atoms with E-state index in [4.69, 9.17) is 0 Å². The summed E-state index contributed by atoms with van der Waals surface area (Å²) in [5.41, 5.74) is -5.67. The number of hydrogen-bond donors (Lipinski definition) is 0. The number of fused-ring (bicyclic) bond motifs is 4. The summed E-state index contributed by atoms with van der Waals surface area (Å²) in [6.45, 7) is 6.70. The normalized spacial score (nSPS) is 46.2. The van der Waals surface area contributed by atoms with Crippen molar-refractivity contribution >= 4 is 10.1 Å². The standard InChI is InChI=1S/C21H31F3O3S/c1-13-8-9-19(2)15(10-13)5-4-14-12-20(3)16(11-17(14)19)6-7-18(20)27-28(25,26)21(22,23)24/h7,13-17H,4-6,8-12H2,1-3H3/t13-,14+,15+,16-,17+,19+,20-/m0/s1. The summed E-state index contributed by atoms with van der Waals surface area (Å²) < 4.78 is 66.3. The molecule has 0 N–H and O–H groups in total.